The number of aliphatic imine (C=N–C) groups is 1. The Labute approximate surface area is 157 Å². The molecule has 1 fully saturated rings. The van der Waals surface area contributed by atoms with Crippen LogP contribution in [0, 0.1) is 5.92 Å². The highest BCUT2D eigenvalue weighted by molar-refractivity contribution is 14.0. The van der Waals surface area contributed by atoms with Crippen molar-refractivity contribution < 1.29 is 4.42 Å². The Morgan fingerprint density at radius 2 is 2.09 bits per heavy atom. The molecule has 132 valence electrons. The van der Waals surface area contributed by atoms with Gasteiger partial charge in [-0.15, -0.1) is 24.0 Å². The summed E-state index contributed by atoms with van der Waals surface area (Å²) in [5, 5.41) is 6.75. The Balaban J connectivity index is 0.00000264. The molecule has 1 aromatic rings. The number of rotatable bonds is 7. The molecule has 6 heteroatoms. The first-order valence-electron chi connectivity index (χ1n) is 8.47. The van der Waals surface area contributed by atoms with E-state index in [0.717, 1.165) is 31.2 Å². The summed E-state index contributed by atoms with van der Waals surface area (Å²) < 4.78 is 5.33. The molecule has 0 aliphatic carbocycles. The molecule has 5 nitrogen and oxygen atoms in total. The van der Waals surface area contributed by atoms with Gasteiger partial charge in [0.2, 0.25) is 0 Å². The van der Waals surface area contributed by atoms with Crippen LogP contribution in [0.25, 0.3) is 0 Å². The van der Waals surface area contributed by atoms with Gasteiger partial charge in [-0.3, -0.25) is 4.99 Å². The molecule has 1 aliphatic heterocycles. The molecule has 1 saturated heterocycles. The minimum atomic E-state index is 0. The summed E-state index contributed by atoms with van der Waals surface area (Å²) in [7, 11) is 1.82. The van der Waals surface area contributed by atoms with Crippen molar-refractivity contribution in [2.75, 3.05) is 39.8 Å². The second-order valence-corrected chi connectivity index (χ2v) is 6.18. The van der Waals surface area contributed by atoms with Crippen LogP contribution in [0.5, 0.6) is 0 Å². The summed E-state index contributed by atoms with van der Waals surface area (Å²) in [6.45, 7) is 7.79. The van der Waals surface area contributed by atoms with Crippen LogP contribution >= 0.6 is 24.0 Å². The van der Waals surface area contributed by atoms with E-state index in [1.54, 1.807) is 6.26 Å². The summed E-state index contributed by atoms with van der Waals surface area (Å²) in [5.41, 5.74) is 0. The van der Waals surface area contributed by atoms with E-state index >= 15 is 0 Å². The first kappa shape index (κ1) is 20.3. The van der Waals surface area contributed by atoms with E-state index in [0.29, 0.717) is 5.92 Å². The lowest BCUT2D eigenvalue weighted by atomic mass is 10.1. The standard InChI is InChI=1S/C17H30N4O.HI/c1-15(14-21-10-4-3-5-11-21)13-20-17(18-2)19-9-8-16-7-6-12-22-16;/h6-7,12,15H,3-5,8-11,13-14H2,1-2H3,(H2,18,19,20);1H. The van der Waals surface area contributed by atoms with Crippen molar-refractivity contribution in [2.45, 2.75) is 32.6 Å². The van der Waals surface area contributed by atoms with Crippen molar-refractivity contribution in [3.05, 3.63) is 24.2 Å². The fourth-order valence-corrected chi connectivity index (χ4v) is 2.90. The molecule has 0 radical (unpaired) electrons. The Morgan fingerprint density at radius 1 is 1.30 bits per heavy atom. The Kier molecular flexibility index (Phi) is 10.3. The van der Waals surface area contributed by atoms with Gasteiger partial charge >= 0.3 is 0 Å². The van der Waals surface area contributed by atoms with Crippen molar-refractivity contribution in [3.8, 4) is 0 Å². The highest BCUT2D eigenvalue weighted by Gasteiger charge is 2.13. The van der Waals surface area contributed by atoms with Crippen molar-refractivity contribution in [1.29, 1.82) is 0 Å². The zero-order valence-corrected chi connectivity index (χ0v) is 16.7. The molecule has 0 amide bonds. The maximum atomic E-state index is 5.33. The van der Waals surface area contributed by atoms with Crippen LogP contribution < -0.4 is 10.6 Å². The predicted molar refractivity (Wildman–Crippen MR) is 107 cm³/mol. The van der Waals surface area contributed by atoms with Gasteiger partial charge in [0.15, 0.2) is 5.96 Å². The van der Waals surface area contributed by atoms with Gasteiger partial charge in [0.25, 0.3) is 0 Å². The van der Waals surface area contributed by atoms with Crippen molar-refractivity contribution in [3.63, 3.8) is 0 Å². The van der Waals surface area contributed by atoms with E-state index in [-0.39, 0.29) is 24.0 Å². The molecule has 0 bridgehead atoms. The number of hydrogen-bond acceptors (Lipinski definition) is 3. The summed E-state index contributed by atoms with van der Waals surface area (Å²) in [6, 6.07) is 3.92. The van der Waals surface area contributed by atoms with E-state index in [1.807, 2.05) is 19.2 Å². The number of furan rings is 1. The average molecular weight is 434 g/mol. The van der Waals surface area contributed by atoms with Gasteiger partial charge in [0.05, 0.1) is 6.26 Å². The molecule has 2 heterocycles. The van der Waals surface area contributed by atoms with E-state index in [2.05, 4.69) is 27.4 Å². The maximum Gasteiger partial charge on any atom is 0.191 e. The number of nitrogens with zero attached hydrogens (tertiary/aromatic N) is 2. The number of halogens is 1. The average Bonchev–Trinajstić information content (AvgIpc) is 3.05. The Morgan fingerprint density at radius 3 is 2.74 bits per heavy atom. The van der Waals surface area contributed by atoms with Crippen LogP contribution in [0.2, 0.25) is 0 Å². The molecule has 23 heavy (non-hydrogen) atoms. The van der Waals surface area contributed by atoms with Gasteiger partial charge in [-0.05, 0) is 44.0 Å². The molecule has 2 rings (SSSR count). The lowest BCUT2D eigenvalue weighted by Crippen LogP contribution is -2.42. The number of hydrogen-bond donors (Lipinski definition) is 2. The molecule has 1 aromatic heterocycles. The molecule has 1 atom stereocenters. The van der Waals surface area contributed by atoms with E-state index in [9.17, 15) is 0 Å². The first-order valence-corrected chi connectivity index (χ1v) is 8.47. The van der Waals surface area contributed by atoms with Crippen LogP contribution in [0.15, 0.2) is 27.8 Å². The predicted octanol–water partition coefficient (Wildman–Crippen LogP) is 2.73. The fraction of sp³-hybridized carbons (Fsp3) is 0.706. The monoisotopic (exact) mass is 434 g/mol. The molecule has 0 saturated carbocycles. The van der Waals surface area contributed by atoms with Gasteiger partial charge in [-0.25, -0.2) is 0 Å². The highest BCUT2D eigenvalue weighted by atomic mass is 127. The third-order valence-corrected chi connectivity index (χ3v) is 4.10. The summed E-state index contributed by atoms with van der Waals surface area (Å²) in [4.78, 5) is 6.86. The normalized spacial score (nSPS) is 17.4. The first-order chi connectivity index (χ1) is 10.8. The van der Waals surface area contributed by atoms with Crippen LogP contribution in [0.3, 0.4) is 0 Å². The smallest absolute Gasteiger partial charge is 0.191 e. The van der Waals surface area contributed by atoms with Gasteiger partial charge in [-0.1, -0.05) is 13.3 Å². The number of guanidine groups is 1. The Bertz CT molecular complexity index is 430. The van der Waals surface area contributed by atoms with Crippen LogP contribution in [0.4, 0.5) is 0 Å². The highest BCUT2D eigenvalue weighted by Crippen LogP contribution is 2.10. The Hall–Kier alpha value is -0.760. The van der Waals surface area contributed by atoms with E-state index < -0.39 is 0 Å². The zero-order chi connectivity index (χ0) is 15.6. The lowest BCUT2D eigenvalue weighted by Gasteiger charge is -2.29. The molecule has 0 aromatic carbocycles. The second-order valence-electron chi connectivity index (χ2n) is 6.18. The number of piperidine rings is 1. The third kappa shape index (κ3) is 8.06. The van der Waals surface area contributed by atoms with Crippen LogP contribution in [-0.2, 0) is 6.42 Å². The summed E-state index contributed by atoms with van der Waals surface area (Å²) >= 11 is 0. The van der Waals surface area contributed by atoms with E-state index in [1.165, 1.54) is 38.9 Å². The van der Waals surface area contributed by atoms with Gasteiger partial charge < -0.3 is 20.0 Å². The topological polar surface area (TPSA) is 52.8 Å². The molecule has 1 unspecified atom stereocenters. The van der Waals surface area contributed by atoms with Crippen LogP contribution in [0.1, 0.15) is 31.9 Å². The summed E-state index contributed by atoms with van der Waals surface area (Å²) in [5.74, 6) is 2.50. The van der Waals surface area contributed by atoms with Gasteiger partial charge in [0, 0.05) is 33.1 Å². The minimum Gasteiger partial charge on any atom is -0.469 e. The molecule has 0 spiro atoms. The van der Waals surface area contributed by atoms with Gasteiger partial charge in [-0.2, -0.15) is 0 Å². The lowest BCUT2D eigenvalue weighted by molar-refractivity contribution is 0.201. The van der Waals surface area contributed by atoms with Crippen LogP contribution in [-0.4, -0.2) is 50.6 Å². The molecule has 2 N–H and O–H groups in total. The quantitative estimate of drug-likeness (QED) is 0.394. The SMILES string of the molecule is CN=C(NCCc1ccco1)NCC(C)CN1CCCCC1.I. The second kappa shape index (κ2) is 11.7. The largest absolute Gasteiger partial charge is 0.469 e. The van der Waals surface area contributed by atoms with Crippen molar-refractivity contribution in [1.82, 2.24) is 15.5 Å². The van der Waals surface area contributed by atoms with Crippen molar-refractivity contribution in [2.24, 2.45) is 10.9 Å². The molecular formula is C17H31IN4O. The number of likely N-dealkylation sites (tertiary alicyclic amines) is 1. The minimum absolute atomic E-state index is 0. The summed E-state index contributed by atoms with van der Waals surface area (Å²) in [6.07, 6.45) is 6.70. The maximum absolute atomic E-state index is 5.33. The van der Waals surface area contributed by atoms with Crippen molar-refractivity contribution >= 4 is 29.9 Å². The number of nitrogens with one attached hydrogen (secondary N) is 2. The third-order valence-electron chi connectivity index (χ3n) is 4.10. The zero-order valence-electron chi connectivity index (χ0n) is 14.4. The fourth-order valence-electron chi connectivity index (χ4n) is 2.90. The van der Waals surface area contributed by atoms with Gasteiger partial charge in [0.1, 0.15) is 5.76 Å². The molecular weight excluding hydrogens is 403 g/mol. The van der Waals surface area contributed by atoms with E-state index in [4.69, 9.17) is 4.42 Å². The molecule has 1 aliphatic rings.